The van der Waals surface area contributed by atoms with Gasteiger partial charge in [0.15, 0.2) is 18.1 Å². The number of carbonyl (C=O) groups is 3. The number of amides is 3. The van der Waals surface area contributed by atoms with Gasteiger partial charge in [0.25, 0.3) is 5.91 Å². The van der Waals surface area contributed by atoms with E-state index in [2.05, 4.69) is 21.2 Å². The predicted octanol–water partition coefficient (Wildman–Crippen LogP) is 3.49. The van der Waals surface area contributed by atoms with E-state index in [9.17, 15) is 14.4 Å². The van der Waals surface area contributed by atoms with E-state index in [1.807, 2.05) is 69.3 Å². The standard InChI is InChI=1S/C28H30N4O5/c1-4-36-25-15-22(17-30-32-28(35)27(34)29-16-21-8-6-5-7-9-21)10-11-24(25)37-18-26(33)31-23-13-19(2)12-20(3)14-23/h5-15,17H,4,16,18H2,1-3H3,(H,29,34)(H,31,33)(H,32,35)/b30-17+. The molecule has 0 saturated carbocycles. The summed E-state index contributed by atoms with van der Waals surface area (Å²) in [5.74, 6) is -1.17. The van der Waals surface area contributed by atoms with Gasteiger partial charge in [-0.3, -0.25) is 14.4 Å². The van der Waals surface area contributed by atoms with Crippen LogP contribution in [0.5, 0.6) is 11.5 Å². The Hall–Kier alpha value is -4.66. The van der Waals surface area contributed by atoms with Crippen LogP contribution in [0.4, 0.5) is 5.69 Å². The molecule has 0 heterocycles. The molecular weight excluding hydrogens is 472 g/mol. The molecule has 3 aromatic rings. The van der Waals surface area contributed by atoms with Gasteiger partial charge in [-0.05, 0) is 73.4 Å². The van der Waals surface area contributed by atoms with Gasteiger partial charge in [-0.25, -0.2) is 5.43 Å². The van der Waals surface area contributed by atoms with Crippen molar-refractivity contribution in [1.82, 2.24) is 10.7 Å². The van der Waals surface area contributed by atoms with E-state index in [1.54, 1.807) is 18.2 Å². The Bertz CT molecular complexity index is 1250. The van der Waals surface area contributed by atoms with Crippen LogP contribution in [0.2, 0.25) is 0 Å². The van der Waals surface area contributed by atoms with E-state index >= 15 is 0 Å². The SMILES string of the molecule is CCOc1cc(/C=N/NC(=O)C(=O)NCc2ccccc2)ccc1OCC(=O)Nc1cc(C)cc(C)c1. The summed E-state index contributed by atoms with van der Waals surface area (Å²) in [5, 5.41) is 9.19. The zero-order chi connectivity index (χ0) is 26.6. The number of anilines is 1. The van der Waals surface area contributed by atoms with Crippen molar-refractivity contribution in [3.05, 3.63) is 89.0 Å². The second-order valence-corrected chi connectivity index (χ2v) is 8.22. The zero-order valence-electron chi connectivity index (χ0n) is 21.0. The first kappa shape index (κ1) is 26.9. The Labute approximate surface area is 215 Å². The van der Waals surface area contributed by atoms with Gasteiger partial charge in [0.1, 0.15) is 0 Å². The Kier molecular flexibility index (Phi) is 9.78. The third-order valence-electron chi connectivity index (χ3n) is 5.01. The average molecular weight is 503 g/mol. The summed E-state index contributed by atoms with van der Waals surface area (Å²) in [4.78, 5) is 36.3. The summed E-state index contributed by atoms with van der Waals surface area (Å²) >= 11 is 0. The van der Waals surface area contributed by atoms with Crippen molar-refractivity contribution >= 4 is 29.6 Å². The van der Waals surface area contributed by atoms with E-state index in [0.717, 1.165) is 16.7 Å². The molecule has 0 fully saturated rings. The number of nitrogens with zero attached hydrogens (tertiary/aromatic N) is 1. The van der Waals surface area contributed by atoms with Crippen LogP contribution in [-0.2, 0) is 20.9 Å². The first-order valence-corrected chi connectivity index (χ1v) is 11.8. The fraction of sp³-hybridized carbons (Fsp3) is 0.214. The highest BCUT2D eigenvalue weighted by Gasteiger charge is 2.12. The van der Waals surface area contributed by atoms with Gasteiger partial charge in [0, 0.05) is 12.2 Å². The van der Waals surface area contributed by atoms with Crippen LogP contribution in [0, 0.1) is 13.8 Å². The maximum Gasteiger partial charge on any atom is 0.329 e. The lowest BCUT2D eigenvalue weighted by atomic mass is 10.1. The molecular formula is C28H30N4O5. The molecule has 0 atom stereocenters. The minimum atomic E-state index is -0.882. The monoisotopic (exact) mass is 502 g/mol. The number of hydrogen-bond acceptors (Lipinski definition) is 6. The fourth-order valence-corrected chi connectivity index (χ4v) is 3.45. The second kappa shape index (κ2) is 13.4. The molecule has 0 unspecified atom stereocenters. The zero-order valence-corrected chi connectivity index (χ0v) is 21.0. The normalized spacial score (nSPS) is 10.6. The third-order valence-corrected chi connectivity index (χ3v) is 5.01. The molecule has 0 radical (unpaired) electrons. The van der Waals surface area contributed by atoms with Crippen molar-refractivity contribution in [3.63, 3.8) is 0 Å². The van der Waals surface area contributed by atoms with Crippen LogP contribution in [0.15, 0.2) is 71.8 Å². The van der Waals surface area contributed by atoms with E-state index in [4.69, 9.17) is 9.47 Å². The average Bonchev–Trinajstić information content (AvgIpc) is 2.87. The minimum absolute atomic E-state index is 0.200. The molecule has 0 aliphatic carbocycles. The second-order valence-electron chi connectivity index (χ2n) is 8.22. The lowest BCUT2D eigenvalue weighted by Crippen LogP contribution is -2.37. The Morgan fingerprint density at radius 3 is 2.30 bits per heavy atom. The summed E-state index contributed by atoms with van der Waals surface area (Å²) in [6.45, 7) is 6.16. The van der Waals surface area contributed by atoms with Gasteiger partial charge < -0.3 is 20.1 Å². The highest BCUT2D eigenvalue weighted by atomic mass is 16.5. The number of aryl methyl sites for hydroxylation is 2. The van der Waals surface area contributed by atoms with Gasteiger partial charge >= 0.3 is 11.8 Å². The van der Waals surface area contributed by atoms with E-state index in [-0.39, 0.29) is 19.1 Å². The lowest BCUT2D eigenvalue weighted by molar-refractivity contribution is -0.139. The van der Waals surface area contributed by atoms with Crippen LogP contribution < -0.4 is 25.5 Å². The molecule has 37 heavy (non-hydrogen) atoms. The molecule has 3 amide bonds. The van der Waals surface area contributed by atoms with Crippen LogP contribution >= 0.6 is 0 Å². The maximum atomic E-state index is 12.4. The number of benzene rings is 3. The first-order chi connectivity index (χ1) is 17.8. The van der Waals surface area contributed by atoms with Gasteiger partial charge in [-0.2, -0.15) is 5.10 Å². The maximum absolute atomic E-state index is 12.4. The number of hydrazone groups is 1. The van der Waals surface area contributed by atoms with Gasteiger partial charge in [0.2, 0.25) is 0 Å². The molecule has 9 nitrogen and oxygen atoms in total. The summed E-state index contributed by atoms with van der Waals surface area (Å²) in [6.07, 6.45) is 1.38. The number of hydrogen-bond donors (Lipinski definition) is 3. The number of rotatable bonds is 10. The van der Waals surface area contributed by atoms with E-state index < -0.39 is 11.8 Å². The topological polar surface area (TPSA) is 118 Å². The highest BCUT2D eigenvalue weighted by Crippen LogP contribution is 2.28. The first-order valence-electron chi connectivity index (χ1n) is 11.8. The van der Waals surface area contributed by atoms with Crippen LogP contribution in [0.3, 0.4) is 0 Å². The van der Waals surface area contributed by atoms with Crippen LogP contribution in [-0.4, -0.2) is 37.1 Å². The predicted molar refractivity (Wildman–Crippen MR) is 142 cm³/mol. The molecule has 192 valence electrons. The molecule has 0 bridgehead atoms. The smallest absolute Gasteiger partial charge is 0.329 e. The summed E-state index contributed by atoms with van der Waals surface area (Å²) in [6, 6.07) is 20.0. The fourth-order valence-electron chi connectivity index (χ4n) is 3.45. The van der Waals surface area contributed by atoms with Crippen molar-refractivity contribution < 1.29 is 23.9 Å². The summed E-state index contributed by atoms with van der Waals surface area (Å²) in [5.41, 5.74) is 6.48. The molecule has 3 rings (SSSR count). The quantitative estimate of drug-likeness (QED) is 0.223. The van der Waals surface area contributed by atoms with Gasteiger partial charge in [-0.15, -0.1) is 0 Å². The molecule has 0 aromatic heterocycles. The molecule has 3 aromatic carbocycles. The van der Waals surface area contributed by atoms with Gasteiger partial charge in [-0.1, -0.05) is 36.4 Å². The molecule has 9 heteroatoms. The van der Waals surface area contributed by atoms with Gasteiger partial charge in [0.05, 0.1) is 12.8 Å². The lowest BCUT2D eigenvalue weighted by Gasteiger charge is -2.13. The van der Waals surface area contributed by atoms with Crippen molar-refractivity contribution in [1.29, 1.82) is 0 Å². The Balaban J connectivity index is 1.53. The summed E-state index contributed by atoms with van der Waals surface area (Å²) in [7, 11) is 0. The van der Waals surface area contributed by atoms with Crippen molar-refractivity contribution in [2.24, 2.45) is 5.10 Å². The number of nitrogens with one attached hydrogen (secondary N) is 3. The minimum Gasteiger partial charge on any atom is -0.490 e. The van der Waals surface area contributed by atoms with Crippen molar-refractivity contribution in [2.45, 2.75) is 27.3 Å². The van der Waals surface area contributed by atoms with Crippen LogP contribution in [0.25, 0.3) is 0 Å². The number of carbonyl (C=O) groups excluding carboxylic acids is 3. The van der Waals surface area contributed by atoms with Crippen LogP contribution in [0.1, 0.15) is 29.2 Å². The molecule has 3 N–H and O–H groups in total. The number of ether oxygens (including phenoxy) is 2. The Morgan fingerprint density at radius 1 is 0.865 bits per heavy atom. The molecule has 0 aliphatic heterocycles. The van der Waals surface area contributed by atoms with Crippen molar-refractivity contribution in [2.75, 3.05) is 18.5 Å². The molecule has 0 saturated heterocycles. The van der Waals surface area contributed by atoms with Crippen molar-refractivity contribution in [3.8, 4) is 11.5 Å². The summed E-state index contributed by atoms with van der Waals surface area (Å²) < 4.78 is 11.3. The van der Waals surface area contributed by atoms with E-state index in [0.29, 0.717) is 29.4 Å². The third kappa shape index (κ3) is 8.81. The molecule has 0 aliphatic rings. The largest absolute Gasteiger partial charge is 0.490 e. The highest BCUT2D eigenvalue weighted by molar-refractivity contribution is 6.35. The van der Waals surface area contributed by atoms with E-state index in [1.165, 1.54) is 6.21 Å². The molecule has 0 spiro atoms. The Morgan fingerprint density at radius 2 is 1.59 bits per heavy atom.